The molecule has 0 radical (unpaired) electrons. The van der Waals surface area contributed by atoms with Gasteiger partial charge >= 0.3 is 7.12 Å². The smallest absolute Gasteiger partial charge is 0.399 e. The molecular weight excluding hydrogens is 334 g/mol. The normalized spacial score (nSPS) is 27.3. The first kappa shape index (κ1) is 18.4. The van der Waals surface area contributed by atoms with E-state index in [1.165, 1.54) is 0 Å². The Morgan fingerprint density at radius 3 is 2.08 bits per heavy atom. The number of ether oxygens (including phenoxy) is 2. The minimum Gasteiger partial charge on any atom is -0.399 e. The highest BCUT2D eigenvalue weighted by atomic mass is 19.1. The summed E-state index contributed by atoms with van der Waals surface area (Å²) in [7, 11) is -0.529. The molecule has 6 heteroatoms. The van der Waals surface area contributed by atoms with Crippen LogP contribution in [0.2, 0.25) is 0 Å². The van der Waals surface area contributed by atoms with E-state index in [0.717, 1.165) is 36.7 Å². The zero-order valence-electron chi connectivity index (χ0n) is 16.1. The van der Waals surface area contributed by atoms with Crippen molar-refractivity contribution in [2.45, 2.75) is 76.3 Å². The molecular formula is C20H28BFO4. The van der Waals surface area contributed by atoms with Crippen LogP contribution < -0.4 is 5.46 Å². The molecule has 0 amide bonds. The largest absolute Gasteiger partial charge is 0.494 e. The Kier molecular flexibility index (Phi) is 4.46. The van der Waals surface area contributed by atoms with Crippen molar-refractivity contribution >= 4 is 12.6 Å². The summed E-state index contributed by atoms with van der Waals surface area (Å²) >= 11 is 0. The average Bonchev–Trinajstić information content (AvgIpc) is 3.11. The lowest BCUT2D eigenvalue weighted by Gasteiger charge is -2.35. The summed E-state index contributed by atoms with van der Waals surface area (Å²) in [6.07, 6.45) is 3.42. The summed E-state index contributed by atoms with van der Waals surface area (Å²) in [6, 6.07) is 5.41. The third kappa shape index (κ3) is 3.11. The Morgan fingerprint density at radius 1 is 0.962 bits per heavy atom. The van der Waals surface area contributed by atoms with Crippen LogP contribution in [-0.4, -0.2) is 37.3 Å². The molecule has 142 valence electrons. The summed E-state index contributed by atoms with van der Waals surface area (Å²) in [6.45, 7) is 9.35. The number of benzene rings is 1. The minimum absolute atomic E-state index is 0.175. The van der Waals surface area contributed by atoms with Gasteiger partial charge in [-0.05, 0) is 63.5 Å². The van der Waals surface area contributed by atoms with E-state index in [2.05, 4.69) is 0 Å². The summed E-state index contributed by atoms with van der Waals surface area (Å²) < 4.78 is 38.5. The molecule has 0 unspecified atom stereocenters. The number of hydrogen-bond donors (Lipinski definition) is 0. The van der Waals surface area contributed by atoms with Gasteiger partial charge in [0.15, 0.2) is 5.79 Å². The van der Waals surface area contributed by atoms with E-state index < -0.39 is 24.1 Å². The molecule has 2 aliphatic heterocycles. The third-order valence-electron chi connectivity index (χ3n) is 6.55. The number of halogens is 1. The predicted octanol–water partition coefficient (Wildman–Crippen LogP) is 3.53. The molecule has 1 saturated carbocycles. The summed E-state index contributed by atoms with van der Waals surface area (Å²) in [5.74, 6) is -0.373. The lowest BCUT2D eigenvalue weighted by Crippen LogP contribution is -2.41. The molecule has 3 fully saturated rings. The highest BCUT2D eigenvalue weighted by molar-refractivity contribution is 6.62. The van der Waals surface area contributed by atoms with Crippen molar-refractivity contribution in [1.82, 2.24) is 0 Å². The van der Waals surface area contributed by atoms with Gasteiger partial charge in [-0.3, -0.25) is 0 Å². The first-order valence-corrected chi connectivity index (χ1v) is 9.64. The van der Waals surface area contributed by atoms with E-state index >= 15 is 0 Å². The SMILES string of the molecule is CC1(C)OB(c2ccc(C3CCC4(CC3)OCCO4)c(F)c2)OC1(C)C. The van der Waals surface area contributed by atoms with Gasteiger partial charge in [0, 0.05) is 12.8 Å². The van der Waals surface area contributed by atoms with Crippen molar-refractivity contribution in [2.75, 3.05) is 13.2 Å². The van der Waals surface area contributed by atoms with Gasteiger partial charge in [0.2, 0.25) is 0 Å². The molecule has 2 heterocycles. The molecule has 0 N–H and O–H groups in total. The van der Waals surface area contributed by atoms with Crippen LogP contribution in [0, 0.1) is 5.82 Å². The molecule has 26 heavy (non-hydrogen) atoms. The van der Waals surface area contributed by atoms with Crippen molar-refractivity contribution in [3.63, 3.8) is 0 Å². The van der Waals surface area contributed by atoms with Gasteiger partial charge in [-0.25, -0.2) is 4.39 Å². The van der Waals surface area contributed by atoms with Crippen molar-refractivity contribution in [1.29, 1.82) is 0 Å². The summed E-state index contributed by atoms with van der Waals surface area (Å²) in [4.78, 5) is 0. The van der Waals surface area contributed by atoms with Crippen LogP contribution >= 0.6 is 0 Å². The van der Waals surface area contributed by atoms with Crippen LogP contribution in [0.4, 0.5) is 4.39 Å². The lowest BCUT2D eigenvalue weighted by molar-refractivity contribution is -0.178. The second kappa shape index (κ2) is 6.30. The first-order valence-electron chi connectivity index (χ1n) is 9.64. The van der Waals surface area contributed by atoms with Crippen LogP contribution in [0.15, 0.2) is 18.2 Å². The number of rotatable bonds is 2. The van der Waals surface area contributed by atoms with E-state index in [9.17, 15) is 4.39 Å². The first-order chi connectivity index (χ1) is 12.2. The van der Waals surface area contributed by atoms with Gasteiger partial charge in [-0.1, -0.05) is 12.1 Å². The average molecular weight is 362 g/mol. The second-order valence-electron chi connectivity index (χ2n) is 8.75. The van der Waals surface area contributed by atoms with Crippen LogP contribution in [0.1, 0.15) is 64.9 Å². The van der Waals surface area contributed by atoms with E-state index in [4.69, 9.17) is 18.8 Å². The molecule has 0 bridgehead atoms. The van der Waals surface area contributed by atoms with Crippen molar-refractivity contribution in [3.8, 4) is 0 Å². The zero-order valence-corrected chi connectivity index (χ0v) is 16.1. The molecule has 3 aliphatic rings. The molecule has 0 aromatic heterocycles. The Balaban J connectivity index is 1.47. The van der Waals surface area contributed by atoms with E-state index in [1.54, 1.807) is 6.07 Å². The molecule has 1 aromatic carbocycles. The Bertz CT molecular complexity index is 658. The molecule has 4 nitrogen and oxygen atoms in total. The minimum atomic E-state index is -0.529. The molecule has 4 rings (SSSR count). The Morgan fingerprint density at radius 2 is 1.54 bits per heavy atom. The van der Waals surface area contributed by atoms with E-state index in [1.807, 2.05) is 39.8 Å². The Labute approximate surface area is 155 Å². The molecule has 1 aromatic rings. The molecule has 1 spiro atoms. The van der Waals surface area contributed by atoms with Crippen molar-refractivity contribution < 1.29 is 23.2 Å². The van der Waals surface area contributed by atoms with Gasteiger partial charge in [-0.2, -0.15) is 0 Å². The zero-order chi connectivity index (χ0) is 18.6. The van der Waals surface area contributed by atoms with Crippen molar-refractivity contribution in [2.24, 2.45) is 0 Å². The highest BCUT2D eigenvalue weighted by Crippen LogP contribution is 2.43. The molecule has 1 aliphatic carbocycles. The van der Waals surface area contributed by atoms with Crippen LogP contribution in [0.5, 0.6) is 0 Å². The van der Waals surface area contributed by atoms with Gasteiger partial charge in [0.25, 0.3) is 0 Å². The summed E-state index contributed by atoms with van der Waals surface area (Å²) in [5.41, 5.74) is 0.662. The van der Waals surface area contributed by atoms with Crippen LogP contribution in [0.3, 0.4) is 0 Å². The van der Waals surface area contributed by atoms with Crippen molar-refractivity contribution in [3.05, 3.63) is 29.6 Å². The fraction of sp³-hybridized carbons (Fsp3) is 0.700. The number of hydrogen-bond acceptors (Lipinski definition) is 4. The second-order valence-corrected chi connectivity index (χ2v) is 8.75. The lowest BCUT2D eigenvalue weighted by atomic mass is 9.76. The van der Waals surface area contributed by atoms with Crippen LogP contribution in [0.25, 0.3) is 0 Å². The highest BCUT2D eigenvalue weighted by Gasteiger charge is 2.52. The standard InChI is InChI=1S/C20H28BFO4/c1-18(2)19(3,4)26-21(25-18)15-5-6-16(17(22)13-15)14-7-9-20(10-8-14)23-11-12-24-20/h5-6,13-14H,7-12H2,1-4H3. The monoisotopic (exact) mass is 362 g/mol. The van der Waals surface area contributed by atoms with Gasteiger partial charge in [-0.15, -0.1) is 0 Å². The fourth-order valence-electron chi connectivity index (χ4n) is 4.15. The van der Waals surface area contributed by atoms with Gasteiger partial charge < -0.3 is 18.8 Å². The fourth-order valence-corrected chi connectivity index (χ4v) is 4.15. The molecule has 0 atom stereocenters. The maximum Gasteiger partial charge on any atom is 0.494 e. The third-order valence-corrected chi connectivity index (χ3v) is 6.55. The Hall–Kier alpha value is -0.945. The quantitative estimate of drug-likeness (QED) is 0.755. The van der Waals surface area contributed by atoms with E-state index in [0.29, 0.717) is 13.2 Å². The maximum atomic E-state index is 14.9. The van der Waals surface area contributed by atoms with Gasteiger partial charge in [0.05, 0.1) is 24.4 Å². The summed E-state index contributed by atoms with van der Waals surface area (Å²) in [5, 5.41) is 0. The predicted molar refractivity (Wildman–Crippen MR) is 98.0 cm³/mol. The van der Waals surface area contributed by atoms with Crippen LogP contribution in [-0.2, 0) is 18.8 Å². The molecule has 2 saturated heterocycles. The maximum absolute atomic E-state index is 14.9. The van der Waals surface area contributed by atoms with E-state index in [-0.39, 0.29) is 11.7 Å². The van der Waals surface area contributed by atoms with Gasteiger partial charge in [0.1, 0.15) is 5.82 Å². The topological polar surface area (TPSA) is 36.9 Å².